The van der Waals surface area contributed by atoms with Crippen LogP contribution in [0.4, 0.5) is 0 Å². The van der Waals surface area contributed by atoms with Crippen molar-refractivity contribution in [1.82, 2.24) is 10.2 Å². The average Bonchev–Trinajstić information content (AvgIpc) is 2.77. The fourth-order valence-electron chi connectivity index (χ4n) is 2.04. The predicted octanol–water partition coefficient (Wildman–Crippen LogP) is -2.86. The van der Waals surface area contributed by atoms with Gasteiger partial charge in [-0.25, -0.2) is 14.9 Å². The lowest BCUT2D eigenvalue weighted by molar-refractivity contribution is 0.698. The van der Waals surface area contributed by atoms with Gasteiger partial charge in [0.1, 0.15) is 0 Å². The molecule has 33 heavy (non-hydrogen) atoms. The number of rotatable bonds is 5. The van der Waals surface area contributed by atoms with E-state index in [1.165, 1.54) is 19.0 Å². The van der Waals surface area contributed by atoms with Crippen LogP contribution < -0.4 is 45.5 Å². The zero-order valence-electron chi connectivity index (χ0n) is 18.3. The lowest BCUT2D eigenvalue weighted by atomic mass is 10.2. The Morgan fingerprint density at radius 2 is 1.61 bits per heavy atom. The van der Waals surface area contributed by atoms with Gasteiger partial charge < -0.3 is 40.1 Å². The van der Waals surface area contributed by atoms with Gasteiger partial charge >= 0.3 is 0 Å². The Bertz CT molecular complexity index is 1030. The van der Waals surface area contributed by atoms with Crippen molar-refractivity contribution in [2.75, 3.05) is 14.1 Å². The molecule has 0 spiro atoms. The quantitative estimate of drug-likeness (QED) is 0.128. The molecule has 0 saturated heterocycles. The van der Waals surface area contributed by atoms with E-state index < -0.39 is 0 Å². The van der Waals surface area contributed by atoms with E-state index in [1.807, 2.05) is 30.3 Å². The molecule has 0 aliphatic carbocycles. The van der Waals surface area contributed by atoms with Crippen LogP contribution in [-0.2, 0) is 6.54 Å². The Morgan fingerprint density at radius 3 is 2.15 bits per heavy atom. The van der Waals surface area contributed by atoms with Crippen LogP contribution in [-0.4, -0.2) is 54.8 Å². The Morgan fingerprint density at radius 1 is 0.939 bits per heavy atom. The molecule has 0 atom stereocenters. The Kier molecular flexibility index (Phi) is 10.5. The van der Waals surface area contributed by atoms with Crippen molar-refractivity contribution in [3.05, 3.63) is 53.6 Å². The van der Waals surface area contributed by atoms with Gasteiger partial charge in [0, 0.05) is 14.1 Å². The van der Waals surface area contributed by atoms with Crippen molar-refractivity contribution >= 4 is 35.8 Å². The van der Waals surface area contributed by atoms with E-state index in [2.05, 4.69) is 41.0 Å². The topological polar surface area (TPSA) is 272 Å². The third-order valence-corrected chi connectivity index (χ3v) is 3.49. The zero-order valence-corrected chi connectivity index (χ0v) is 18.3. The van der Waals surface area contributed by atoms with Gasteiger partial charge in [0.05, 0.1) is 12.7 Å². The largest absolute Gasteiger partial charge is 0.370 e. The Balaban J connectivity index is 3.77. The van der Waals surface area contributed by atoms with Gasteiger partial charge in [0.25, 0.3) is 0 Å². The normalized spacial score (nSPS) is 12.3. The minimum Gasteiger partial charge on any atom is -0.370 e. The minimum absolute atomic E-state index is 0.0317. The van der Waals surface area contributed by atoms with Crippen LogP contribution in [0.3, 0.4) is 0 Å². The number of benzene rings is 1. The molecule has 176 valence electrons. The number of nitrogens with zero attached hydrogens (tertiary/aromatic N) is 7. The summed E-state index contributed by atoms with van der Waals surface area (Å²) in [6.07, 6.45) is 1.13. The summed E-state index contributed by atoms with van der Waals surface area (Å²) in [5.41, 5.74) is 43.4. The average molecular weight is 456 g/mol. The van der Waals surface area contributed by atoms with E-state index in [9.17, 15) is 0 Å². The molecule has 0 aromatic heterocycles. The van der Waals surface area contributed by atoms with Crippen LogP contribution in [0.2, 0.25) is 0 Å². The van der Waals surface area contributed by atoms with E-state index in [0.717, 1.165) is 11.8 Å². The molecular weight excluding hydrogens is 426 g/mol. The molecule has 0 radical (unpaired) electrons. The van der Waals surface area contributed by atoms with Crippen molar-refractivity contribution in [1.29, 1.82) is 0 Å². The van der Waals surface area contributed by atoms with Gasteiger partial charge in [0.15, 0.2) is 23.7 Å². The van der Waals surface area contributed by atoms with Gasteiger partial charge in [-0.15, -0.1) is 0 Å². The van der Waals surface area contributed by atoms with E-state index in [1.54, 1.807) is 0 Å². The SMILES string of the molecule is CN=C(N)N=C(NC(N)=NC)N(C(=C=CN=C(N)N)N=C(N)N)C(N)=NCc1ccccc1. The predicted molar refractivity (Wildman–Crippen MR) is 132 cm³/mol. The molecule has 0 fully saturated rings. The molecule has 1 rings (SSSR count). The molecule has 1 aromatic carbocycles. The van der Waals surface area contributed by atoms with E-state index in [-0.39, 0.29) is 48.1 Å². The minimum atomic E-state index is -0.329. The monoisotopic (exact) mass is 455 g/mol. The summed E-state index contributed by atoms with van der Waals surface area (Å²) in [4.78, 5) is 25.1. The first kappa shape index (κ1) is 26.0. The third-order valence-electron chi connectivity index (χ3n) is 3.49. The van der Waals surface area contributed by atoms with Crippen LogP contribution >= 0.6 is 0 Å². The van der Waals surface area contributed by atoms with Crippen LogP contribution in [0.1, 0.15) is 5.56 Å². The summed E-state index contributed by atoms with van der Waals surface area (Å²) in [6, 6.07) is 9.37. The second kappa shape index (κ2) is 13.3. The molecule has 15 heteroatoms. The van der Waals surface area contributed by atoms with E-state index in [0.29, 0.717) is 0 Å². The summed E-state index contributed by atoms with van der Waals surface area (Å²) in [7, 11) is 2.90. The van der Waals surface area contributed by atoms with Crippen molar-refractivity contribution in [3.63, 3.8) is 0 Å². The second-order valence-corrected chi connectivity index (χ2v) is 5.93. The van der Waals surface area contributed by atoms with E-state index in [4.69, 9.17) is 40.1 Å². The first-order valence-electron chi connectivity index (χ1n) is 9.25. The second-order valence-electron chi connectivity index (χ2n) is 5.93. The summed E-state index contributed by atoms with van der Waals surface area (Å²) in [6.45, 7) is 0.220. The lowest BCUT2D eigenvalue weighted by Crippen LogP contribution is -2.52. The number of nitrogens with one attached hydrogen (secondary N) is 1. The molecule has 0 aliphatic heterocycles. The summed E-state index contributed by atoms with van der Waals surface area (Å²) >= 11 is 0. The highest BCUT2D eigenvalue weighted by Gasteiger charge is 2.22. The van der Waals surface area contributed by atoms with E-state index >= 15 is 0 Å². The highest BCUT2D eigenvalue weighted by molar-refractivity contribution is 6.10. The third kappa shape index (κ3) is 9.54. The number of guanidine groups is 6. The fraction of sp³-hybridized carbons (Fsp3) is 0.167. The van der Waals surface area contributed by atoms with Crippen molar-refractivity contribution in [2.24, 2.45) is 70.1 Å². The van der Waals surface area contributed by atoms with Gasteiger partial charge in [-0.05, 0) is 5.56 Å². The van der Waals surface area contributed by atoms with Gasteiger partial charge in [-0.1, -0.05) is 36.1 Å². The summed E-state index contributed by atoms with van der Waals surface area (Å²) < 4.78 is 0. The number of hydrogen-bond acceptors (Lipinski definition) is 5. The number of hydrogen-bond donors (Lipinski definition) is 8. The van der Waals surface area contributed by atoms with Crippen molar-refractivity contribution in [3.8, 4) is 0 Å². The maximum Gasteiger partial charge on any atom is 0.222 e. The summed E-state index contributed by atoms with van der Waals surface area (Å²) in [5, 5.41) is 2.74. The molecule has 0 unspecified atom stereocenters. The van der Waals surface area contributed by atoms with Gasteiger partial charge in [-0.2, -0.15) is 9.98 Å². The maximum atomic E-state index is 6.29. The highest BCUT2D eigenvalue weighted by atomic mass is 15.4. The molecule has 15 N–H and O–H groups in total. The molecule has 1 aromatic rings. The fourth-order valence-corrected chi connectivity index (χ4v) is 2.04. The molecule has 0 saturated carbocycles. The van der Waals surface area contributed by atoms with Crippen molar-refractivity contribution in [2.45, 2.75) is 6.54 Å². The van der Waals surface area contributed by atoms with Crippen molar-refractivity contribution < 1.29 is 0 Å². The first-order chi connectivity index (χ1) is 15.7. The smallest absolute Gasteiger partial charge is 0.222 e. The first-order valence-corrected chi connectivity index (χ1v) is 9.25. The molecule has 15 nitrogen and oxygen atoms in total. The van der Waals surface area contributed by atoms with Crippen LogP contribution in [0.25, 0.3) is 0 Å². The standard InChI is InChI=1S/C18H29N15/c1-26-15(23)31-18(32-16(24)27-2)33(12(30-14(21)22)8-9-28-13(19)20)17(25)29-10-11-6-4-3-5-7-11/h3-7,9H,10H2,1-2H3,(H2,25,29)(H4,19,20,28)(H4,21,22,30)(H5,23,24,26,27,31,32). The Hall–Kier alpha value is -5.04. The number of aliphatic imine (C=N–C) groups is 6. The highest BCUT2D eigenvalue weighted by Crippen LogP contribution is 2.08. The molecule has 0 amide bonds. The van der Waals surface area contributed by atoms with Crippen LogP contribution in [0, 0.1) is 0 Å². The lowest BCUT2D eigenvalue weighted by Gasteiger charge is -2.24. The maximum absolute atomic E-state index is 6.29. The summed E-state index contributed by atoms with van der Waals surface area (Å²) in [5.74, 6) is -1.00. The molecule has 0 heterocycles. The zero-order chi connectivity index (χ0) is 24.8. The molecular formula is C18H29N15. The molecule has 0 bridgehead atoms. The van der Waals surface area contributed by atoms with Gasteiger partial charge in [0.2, 0.25) is 17.9 Å². The van der Waals surface area contributed by atoms with Crippen LogP contribution in [0.15, 0.2) is 78.0 Å². The molecule has 0 aliphatic rings. The van der Waals surface area contributed by atoms with Gasteiger partial charge in [-0.3, -0.25) is 15.3 Å². The Labute approximate surface area is 190 Å². The number of nitrogens with two attached hydrogens (primary N) is 7. The van der Waals surface area contributed by atoms with Crippen LogP contribution in [0.5, 0.6) is 0 Å².